The minimum absolute atomic E-state index is 0.0807. The lowest BCUT2D eigenvalue weighted by atomic mass is 10.1. The number of hydrogen-bond donors (Lipinski definition) is 2. The maximum Gasteiger partial charge on any atom is 0.251 e. The summed E-state index contributed by atoms with van der Waals surface area (Å²) in [5.41, 5.74) is 3.89. The normalized spacial score (nSPS) is 17.3. The Balaban J connectivity index is 0.000000167. The van der Waals surface area contributed by atoms with Gasteiger partial charge < -0.3 is 10.6 Å². The quantitative estimate of drug-likeness (QED) is 0.158. The Morgan fingerprint density at radius 3 is 1.57 bits per heavy atom. The van der Waals surface area contributed by atoms with Crippen LogP contribution in [0.3, 0.4) is 0 Å². The van der Waals surface area contributed by atoms with Crippen molar-refractivity contribution in [3.63, 3.8) is 0 Å². The Labute approximate surface area is 313 Å². The molecule has 2 fully saturated rings. The van der Waals surface area contributed by atoms with E-state index in [1.165, 1.54) is 53.6 Å². The molecule has 0 spiro atoms. The van der Waals surface area contributed by atoms with Crippen LogP contribution >= 0.6 is 0 Å². The first kappa shape index (κ1) is 36.8. The summed E-state index contributed by atoms with van der Waals surface area (Å²) >= 11 is 0. The third kappa shape index (κ3) is 9.92. The number of amides is 2. The molecule has 54 heavy (non-hydrogen) atoms. The van der Waals surface area contributed by atoms with Crippen molar-refractivity contribution in [2.45, 2.75) is 44.4 Å². The predicted molar refractivity (Wildman–Crippen MR) is 207 cm³/mol. The molecule has 9 heteroatoms. The van der Waals surface area contributed by atoms with Gasteiger partial charge in [-0.3, -0.25) is 19.4 Å². The maximum absolute atomic E-state index is 13.3. The molecule has 2 heterocycles. The van der Waals surface area contributed by atoms with Gasteiger partial charge in [-0.2, -0.15) is 0 Å². The molecule has 8 rings (SSSR count). The first-order valence-electron chi connectivity index (χ1n) is 18.4. The molecule has 6 nitrogen and oxygen atoms in total. The zero-order valence-corrected chi connectivity index (χ0v) is 30.0. The van der Waals surface area contributed by atoms with Crippen LogP contribution in [0.1, 0.15) is 39.9 Å². The average Bonchev–Trinajstić information content (AvgIpc) is 3.81. The summed E-state index contributed by atoms with van der Waals surface area (Å²) in [6, 6.07) is 37.6. The van der Waals surface area contributed by atoms with Gasteiger partial charge in [0.1, 0.15) is 17.5 Å². The number of hydrogen-bond acceptors (Lipinski definition) is 4. The van der Waals surface area contributed by atoms with E-state index in [0.717, 1.165) is 79.2 Å². The van der Waals surface area contributed by atoms with E-state index in [1.54, 1.807) is 12.1 Å². The van der Waals surface area contributed by atoms with Crippen molar-refractivity contribution in [2.24, 2.45) is 0 Å². The summed E-state index contributed by atoms with van der Waals surface area (Å²) in [5.74, 6) is -0.870. The van der Waals surface area contributed by atoms with Gasteiger partial charge in [0.25, 0.3) is 5.91 Å². The molecule has 0 aliphatic carbocycles. The van der Waals surface area contributed by atoms with Gasteiger partial charge in [0.15, 0.2) is 0 Å². The topological polar surface area (TPSA) is 64.7 Å². The second-order valence-corrected chi connectivity index (χ2v) is 14.3. The zero-order chi connectivity index (χ0) is 37.4. The summed E-state index contributed by atoms with van der Waals surface area (Å²) in [6.07, 6.45) is 2.28. The third-order valence-corrected chi connectivity index (χ3v) is 10.1. The molecule has 2 N–H and O–H groups in total. The molecule has 0 bridgehead atoms. The molecule has 2 atom stereocenters. The van der Waals surface area contributed by atoms with Gasteiger partial charge in [-0.15, -0.1) is 0 Å². The van der Waals surface area contributed by atoms with Crippen LogP contribution in [0.4, 0.5) is 13.2 Å². The number of nitrogens with zero attached hydrogens (tertiary/aromatic N) is 2. The standard InChI is InChI=1S/C23H23FN2O.C22H20F2N2O/c24-21-9-8-19-12-18(6-7-20(19)14-21)15-26-11-10-22(16-26)25-23(27)13-17-4-2-1-3-5-17;23-19-6-3-16(4-7-19)22(27)25-21-9-10-26(14-21)13-15-1-2-18-12-20(24)8-5-17(18)11-15/h1-9,12,14,22H,10-11,13,15-16H2,(H,25,27);1-8,11-12,21H,9-10,13-14H2,(H,25,27). The zero-order valence-electron chi connectivity index (χ0n) is 30.0. The number of fused-ring (bicyclic) bond motifs is 2. The van der Waals surface area contributed by atoms with Gasteiger partial charge in [-0.1, -0.05) is 66.7 Å². The number of likely N-dealkylation sites (tertiary alicyclic amines) is 2. The molecule has 6 aromatic carbocycles. The molecule has 2 unspecified atom stereocenters. The molecule has 0 aromatic heterocycles. The Bertz CT molecular complexity index is 2230. The molecule has 2 aliphatic heterocycles. The van der Waals surface area contributed by atoms with E-state index in [2.05, 4.69) is 38.6 Å². The summed E-state index contributed by atoms with van der Waals surface area (Å²) in [6.45, 7) is 5.14. The third-order valence-electron chi connectivity index (χ3n) is 10.1. The Morgan fingerprint density at radius 1 is 0.537 bits per heavy atom. The van der Waals surface area contributed by atoms with Crippen molar-refractivity contribution in [3.05, 3.63) is 167 Å². The van der Waals surface area contributed by atoms with E-state index in [1.807, 2.05) is 54.6 Å². The largest absolute Gasteiger partial charge is 0.352 e. The smallest absolute Gasteiger partial charge is 0.251 e. The summed E-state index contributed by atoms with van der Waals surface area (Å²) in [5, 5.41) is 10.1. The van der Waals surface area contributed by atoms with Crippen LogP contribution in [-0.2, 0) is 24.3 Å². The van der Waals surface area contributed by atoms with E-state index in [9.17, 15) is 22.8 Å². The molecular weight excluding hydrogens is 686 g/mol. The van der Waals surface area contributed by atoms with Crippen LogP contribution in [0.5, 0.6) is 0 Å². The lowest BCUT2D eigenvalue weighted by molar-refractivity contribution is -0.121. The molecule has 0 saturated carbocycles. The second-order valence-electron chi connectivity index (χ2n) is 14.3. The van der Waals surface area contributed by atoms with Crippen LogP contribution in [0.25, 0.3) is 21.5 Å². The van der Waals surface area contributed by atoms with Crippen LogP contribution in [-0.4, -0.2) is 59.9 Å². The first-order chi connectivity index (χ1) is 26.2. The van der Waals surface area contributed by atoms with Gasteiger partial charge in [-0.25, -0.2) is 13.2 Å². The SMILES string of the molecule is O=C(Cc1ccccc1)NC1CCN(Cc2ccc3cc(F)ccc3c2)C1.O=C(NC1CCN(Cc2ccc3cc(F)ccc3c2)C1)c1ccc(F)cc1. The minimum atomic E-state index is -0.350. The van der Waals surface area contributed by atoms with Gasteiger partial charge in [0, 0.05) is 56.9 Å². The van der Waals surface area contributed by atoms with E-state index in [0.29, 0.717) is 12.0 Å². The number of benzene rings is 6. The van der Waals surface area contributed by atoms with Gasteiger partial charge in [0.05, 0.1) is 6.42 Å². The summed E-state index contributed by atoms with van der Waals surface area (Å²) in [4.78, 5) is 29.2. The molecule has 2 aliphatic rings. The first-order valence-corrected chi connectivity index (χ1v) is 18.4. The van der Waals surface area contributed by atoms with Crippen LogP contribution < -0.4 is 10.6 Å². The number of halogens is 3. The molecule has 2 saturated heterocycles. The predicted octanol–water partition coefficient (Wildman–Crippen LogP) is 8.03. The lowest BCUT2D eigenvalue weighted by Gasteiger charge is -2.17. The minimum Gasteiger partial charge on any atom is -0.352 e. The Kier molecular flexibility index (Phi) is 11.7. The van der Waals surface area contributed by atoms with E-state index in [-0.39, 0.29) is 41.3 Å². The highest BCUT2D eigenvalue weighted by Gasteiger charge is 2.25. The Morgan fingerprint density at radius 2 is 1.02 bits per heavy atom. The van der Waals surface area contributed by atoms with E-state index >= 15 is 0 Å². The van der Waals surface area contributed by atoms with Crippen molar-refractivity contribution in [3.8, 4) is 0 Å². The highest BCUT2D eigenvalue weighted by molar-refractivity contribution is 5.94. The van der Waals surface area contributed by atoms with Crippen molar-refractivity contribution >= 4 is 33.4 Å². The van der Waals surface area contributed by atoms with Gasteiger partial charge in [0.2, 0.25) is 5.91 Å². The fourth-order valence-corrected chi connectivity index (χ4v) is 7.36. The van der Waals surface area contributed by atoms with Crippen molar-refractivity contribution in [1.29, 1.82) is 0 Å². The van der Waals surface area contributed by atoms with Gasteiger partial charge >= 0.3 is 0 Å². The van der Waals surface area contributed by atoms with Crippen LogP contribution in [0.15, 0.2) is 127 Å². The number of carbonyl (C=O) groups is 2. The fraction of sp³-hybridized carbons (Fsp3) is 0.244. The molecule has 0 radical (unpaired) electrons. The summed E-state index contributed by atoms with van der Waals surface area (Å²) in [7, 11) is 0. The molecular formula is C45H43F3N4O2. The fourth-order valence-electron chi connectivity index (χ4n) is 7.36. The monoisotopic (exact) mass is 728 g/mol. The molecule has 6 aromatic rings. The molecule has 276 valence electrons. The van der Waals surface area contributed by atoms with Crippen molar-refractivity contribution in [2.75, 3.05) is 26.2 Å². The number of carbonyl (C=O) groups excluding carboxylic acids is 2. The van der Waals surface area contributed by atoms with E-state index in [4.69, 9.17) is 0 Å². The highest BCUT2D eigenvalue weighted by atomic mass is 19.1. The highest BCUT2D eigenvalue weighted by Crippen LogP contribution is 2.22. The molecule has 2 amide bonds. The summed E-state index contributed by atoms with van der Waals surface area (Å²) < 4.78 is 39.6. The van der Waals surface area contributed by atoms with Crippen LogP contribution in [0, 0.1) is 17.5 Å². The number of rotatable bonds is 9. The van der Waals surface area contributed by atoms with Crippen LogP contribution in [0.2, 0.25) is 0 Å². The van der Waals surface area contributed by atoms with Crippen molar-refractivity contribution < 1.29 is 22.8 Å². The lowest BCUT2D eigenvalue weighted by Crippen LogP contribution is -2.37. The average molecular weight is 729 g/mol. The maximum atomic E-state index is 13.3. The van der Waals surface area contributed by atoms with E-state index < -0.39 is 0 Å². The van der Waals surface area contributed by atoms with Gasteiger partial charge in [-0.05, 0) is 112 Å². The Hall–Kier alpha value is -5.51. The number of nitrogens with one attached hydrogen (secondary N) is 2. The van der Waals surface area contributed by atoms with Crippen molar-refractivity contribution in [1.82, 2.24) is 20.4 Å². The second kappa shape index (κ2) is 17.1.